The predicted octanol–water partition coefficient (Wildman–Crippen LogP) is 5.03. The maximum Gasteiger partial charge on any atom is 0.336 e. The van der Waals surface area contributed by atoms with E-state index in [1.54, 1.807) is 24.3 Å². The lowest BCUT2D eigenvalue weighted by Gasteiger charge is -2.13. The van der Waals surface area contributed by atoms with E-state index in [-0.39, 0.29) is 17.4 Å². The minimum absolute atomic E-state index is 0.0811. The average molecular weight is 468 g/mol. The topological polar surface area (TPSA) is 115 Å². The second-order valence-electron chi connectivity index (χ2n) is 8.05. The van der Waals surface area contributed by atoms with E-state index in [0.717, 1.165) is 22.3 Å². The summed E-state index contributed by atoms with van der Waals surface area (Å²) in [6, 6.07) is 23.4. The van der Waals surface area contributed by atoms with Crippen molar-refractivity contribution in [1.29, 1.82) is 0 Å². The highest BCUT2D eigenvalue weighted by Gasteiger charge is 2.17. The molecule has 4 rings (SSSR count). The van der Waals surface area contributed by atoms with Crippen LogP contribution in [-0.2, 0) is 6.54 Å². The van der Waals surface area contributed by atoms with Gasteiger partial charge in [0.2, 0.25) is 5.88 Å². The van der Waals surface area contributed by atoms with E-state index in [9.17, 15) is 14.7 Å². The van der Waals surface area contributed by atoms with Crippen molar-refractivity contribution in [1.82, 2.24) is 10.3 Å². The second-order valence-corrected chi connectivity index (χ2v) is 8.05. The van der Waals surface area contributed by atoms with Gasteiger partial charge in [0.05, 0.1) is 11.3 Å². The molecule has 0 bridgehead atoms. The molecule has 0 aliphatic rings. The third kappa shape index (κ3) is 5.37. The number of aromatic carboxylic acids is 1. The summed E-state index contributed by atoms with van der Waals surface area (Å²) in [4.78, 5) is 28.7. The van der Waals surface area contributed by atoms with Crippen LogP contribution < -0.4 is 15.8 Å². The number of nitrogens with one attached hydrogen (secondary N) is 1. The third-order valence-electron chi connectivity index (χ3n) is 5.49. The molecule has 4 N–H and O–H groups in total. The first kappa shape index (κ1) is 23.7. The number of pyridine rings is 1. The van der Waals surface area contributed by atoms with Crippen molar-refractivity contribution in [2.75, 3.05) is 7.05 Å². The lowest BCUT2D eigenvalue weighted by molar-refractivity contribution is 0.0697. The molecule has 0 saturated carbocycles. The number of carboxylic acid groups (broad SMARTS) is 1. The largest absolute Gasteiger partial charge is 0.478 e. The van der Waals surface area contributed by atoms with Crippen molar-refractivity contribution in [3.05, 3.63) is 101 Å². The zero-order valence-corrected chi connectivity index (χ0v) is 19.4. The van der Waals surface area contributed by atoms with Gasteiger partial charge in [-0.15, -0.1) is 0 Å². The molecule has 7 nitrogen and oxygen atoms in total. The fourth-order valence-electron chi connectivity index (χ4n) is 3.84. The number of nitrogens with two attached hydrogens (primary N) is 1. The van der Waals surface area contributed by atoms with Crippen molar-refractivity contribution in [3.8, 4) is 34.0 Å². The molecule has 0 unspecified atom stereocenters. The average Bonchev–Trinajstić information content (AvgIpc) is 2.87. The standard InChI is InChI=1S/C28H25N3O4/c1-17-10-20(19-7-5-6-18(12-19)16-29)13-22(11-17)35-26-15-21(27(32)30-2)14-25(31-26)23-8-3-4-9-24(23)28(33)34/h3-15H,16,29H2,1-2H3,(H,30,32)(H,33,34). The van der Waals surface area contributed by atoms with Gasteiger partial charge in [-0.05, 0) is 59.5 Å². The Bertz CT molecular complexity index is 1420. The number of amides is 1. The SMILES string of the molecule is CNC(=O)c1cc(Oc2cc(C)cc(-c3cccc(CN)c3)c2)nc(-c2ccccc2C(=O)O)c1. The number of carbonyl (C=O) groups is 2. The first-order valence-electron chi connectivity index (χ1n) is 11.0. The highest BCUT2D eigenvalue weighted by atomic mass is 16.5. The Hall–Kier alpha value is -4.49. The van der Waals surface area contributed by atoms with Gasteiger partial charge in [-0.3, -0.25) is 4.79 Å². The van der Waals surface area contributed by atoms with Crippen molar-refractivity contribution in [2.24, 2.45) is 5.73 Å². The third-order valence-corrected chi connectivity index (χ3v) is 5.49. The summed E-state index contributed by atoms with van der Waals surface area (Å²) in [6.07, 6.45) is 0. The number of rotatable bonds is 7. The number of aryl methyl sites for hydroxylation is 1. The van der Waals surface area contributed by atoms with E-state index in [1.165, 1.54) is 19.2 Å². The van der Waals surface area contributed by atoms with Gasteiger partial charge in [-0.25, -0.2) is 9.78 Å². The fraction of sp³-hybridized carbons (Fsp3) is 0.107. The van der Waals surface area contributed by atoms with Crippen LogP contribution in [0.25, 0.3) is 22.4 Å². The maximum absolute atomic E-state index is 12.5. The quantitative estimate of drug-likeness (QED) is 0.351. The Morgan fingerprint density at radius 2 is 1.77 bits per heavy atom. The lowest BCUT2D eigenvalue weighted by atomic mass is 10.0. The molecule has 1 amide bonds. The molecule has 0 aliphatic carbocycles. The second kappa shape index (κ2) is 10.2. The number of aromatic nitrogens is 1. The minimum atomic E-state index is -1.08. The molecule has 35 heavy (non-hydrogen) atoms. The number of ether oxygens (including phenoxy) is 1. The Morgan fingerprint density at radius 3 is 2.51 bits per heavy atom. The molecule has 0 fully saturated rings. The molecule has 176 valence electrons. The van der Waals surface area contributed by atoms with Crippen molar-refractivity contribution in [3.63, 3.8) is 0 Å². The summed E-state index contributed by atoms with van der Waals surface area (Å²) in [6.45, 7) is 2.41. The van der Waals surface area contributed by atoms with Crippen molar-refractivity contribution >= 4 is 11.9 Å². The van der Waals surface area contributed by atoms with Gasteiger partial charge < -0.3 is 20.9 Å². The van der Waals surface area contributed by atoms with Crippen LogP contribution in [0.5, 0.6) is 11.6 Å². The van der Waals surface area contributed by atoms with Crippen LogP contribution >= 0.6 is 0 Å². The number of carbonyl (C=O) groups excluding carboxylic acids is 1. The fourth-order valence-corrected chi connectivity index (χ4v) is 3.84. The van der Waals surface area contributed by atoms with Crippen LogP contribution in [0.1, 0.15) is 31.8 Å². The van der Waals surface area contributed by atoms with Crippen molar-refractivity contribution in [2.45, 2.75) is 13.5 Å². The molecule has 7 heteroatoms. The molecule has 0 aliphatic heterocycles. The van der Waals surface area contributed by atoms with E-state index in [4.69, 9.17) is 10.5 Å². The molecule has 0 radical (unpaired) electrons. The van der Waals surface area contributed by atoms with Gasteiger partial charge in [0.25, 0.3) is 5.91 Å². The molecule has 1 heterocycles. The van der Waals surface area contributed by atoms with Crippen LogP contribution in [0.4, 0.5) is 0 Å². The van der Waals surface area contributed by atoms with Gasteiger partial charge in [0, 0.05) is 30.8 Å². The highest BCUT2D eigenvalue weighted by molar-refractivity contribution is 5.98. The zero-order valence-electron chi connectivity index (χ0n) is 19.4. The number of nitrogens with zero attached hydrogens (tertiary/aromatic N) is 1. The predicted molar refractivity (Wildman–Crippen MR) is 135 cm³/mol. The van der Waals surface area contributed by atoms with E-state index in [2.05, 4.69) is 10.3 Å². The van der Waals surface area contributed by atoms with Gasteiger partial charge in [0.15, 0.2) is 0 Å². The summed E-state index contributed by atoms with van der Waals surface area (Å²) in [5, 5.41) is 12.2. The summed E-state index contributed by atoms with van der Waals surface area (Å²) in [5.74, 6) is -0.709. The Balaban J connectivity index is 1.78. The monoisotopic (exact) mass is 467 g/mol. The maximum atomic E-state index is 12.5. The molecule has 0 saturated heterocycles. The summed E-state index contributed by atoms with van der Waals surface area (Å²) < 4.78 is 6.11. The minimum Gasteiger partial charge on any atom is -0.478 e. The van der Waals surface area contributed by atoms with Gasteiger partial charge in [-0.1, -0.05) is 42.5 Å². The lowest BCUT2D eigenvalue weighted by Crippen LogP contribution is -2.18. The number of benzene rings is 3. The summed E-state index contributed by atoms with van der Waals surface area (Å²) in [7, 11) is 1.52. The van der Waals surface area contributed by atoms with Crippen molar-refractivity contribution < 1.29 is 19.4 Å². The Labute approximate surface area is 203 Å². The first-order chi connectivity index (χ1) is 16.9. The number of hydrogen-bond acceptors (Lipinski definition) is 5. The van der Waals surface area contributed by atoms with Crippen LogP contribution in [0.15, 0.2) is 78.9 Å². The normalized spacial score (nSPS) is 10.6. The molecule has 1 aromatic heterocycles. The molecule has 0 atom stereocenters. The van der Waals surface area contributed by atoms with Crippen LogP contribution in [-0.4, -0.2) is 29.0 Å². The Kier molecular flexibility index (Phi) is 6.89. The van der Waals surface area contributed by atoms with Gasteiger partial charge in [-0.2, -0.15) is 0 Å². The first-order valence-corrected chi connectivity index (χ1v) is 11.0. The van der Waals surface area contributed by atoms with E-state index in [0.29, 0.717) is 29.1 Å². The Morgan fingerprint density at radius 1 is 0.971 bits per heavy atom. The molecule has 3 aromatic carbocycles. The van der Waals surface area contributed by atoms with Crippen LogP contribution in [0, 0.1) is 6.92 Å². The molecule has 0 spiro atoms. The zero-order chi connectivity index (χ0) is 24.9. The van der Waals surface area contributed by atoms with Crippen LogP contribution in [0.2, 0.25) is 0 Å². The van der Waals surface area contributed by atoms with E-state index in [1.807, 2.05) is 49.4 Å². The summed E-state index contributed by atoms with van der Waals surface area (Å²) >= 11 is 0. The van der Waals surface area contributed by atoms with E-state index < -0.39 is 5.97 Å². The van der Waals surface area contributed by atoms with E-state index >= 15 is 0 Å². The number of hydrogen-bond donors (Lipinski definition) is 3. The number of carboxylic acids is 1. The molecular formula is C28H25N3O4. The highest BCUT2D eigenvalue weighted by Crippen LogP contribution is 2.31. The van der Waals surface area contributed by atoms with Gasteiger partial charge >= 0.3 is 5.97 Å². The molecule has 4 aromatic rings. The van der Waals surface area contributed by atoms with Crippen LogP contribution in [0.3, 0.4) is 0 Å². The smallest absolute Gasteiger partial charge is 0.336 e. The summed E-state index contributed by atoms with van der Waals surface area (Å²) in [5.41, 5.74) is 10.9. The van der Waals surface area contributed by atoms with Gasteiger partial charge in [0.1, 0.15) is 5.75 Å². The molecular weight excluding hydrogens is 442 g/mol.